The zero-order valence-corrected chi connectivity index (χ0v) is 11.4. The number of aliphatic carboxylic acids is 1. The minimum Gasteiger partial charge on any atom is -0.481 e. The largest absolute Gasteiger partial charge is 0.481 e. The molecule has 108 valence electrons. The van der Waals surface area contributed by atoms with Crippen LogP contribution in [0.1, 0.15) is 18.4 Å². The van der Waals surface area contributed by atoms with E-state index in [0.717, 1.165) is 0 Å². The number of amides is 2. The molecule has 2 aliphatic rings. The van der Waals surface area contributed by atoms with E-state index in [2.05, 4.69) is 0 Å². The van der Waals surface area contributed by atoms with Crippen molar-refractivity contribution in [2.45, 2.75) is 19.3 Å². The summed E-state index contributed by atoms with van der Waals surface area (Å²) in [5.41, 5.74) is 0.891. The minimum absolute atomic E-state index is 0.208. The number of carbonyl (C=O) groups is 3. The highest BCUT2D eigenvalue weighted by Gasteiger charge is 2.48. The normalized spacial score (nSPS) is 24.3. The van der Waals surface area contributed by atoms with Gasteiger partial charge in [0.2, 0.25) is 11.8 Å². The first kappa shape index (κ1) is 13.5. The zero-order chi connectivity index (χ0) is 15.0. The van der Waals surface area contributed by atoms with Gasteiger partial charge in [0.1, 0.15) is 0 Å². The van der Waals surface area contributed by atoms with Gasteiger partial charge in [0.15, 0.2) is 0 Å². The number of allylic oxidation sites excluding steroid dienone is 2. The van der Waals surface area contributed by atoms with Crippen molar-refractivity contribution in [2.75, 3.05) is 4.90 Å². The van der Waals surface area contributed by atoms with Gasteiger partial charge in [-0.1, -0.05) is 30.4 Å². The van der Waals surface area contributed by atoms with Crippen molar-refractivity contribution in [1.29, 1.82) is 0 Å². The number of para-hydroxylation sites is 1. The highest BCUT2D eigenvalue weighted by atomic mass is 16.4. The van der Waals surface area contributed by atoms with E-state index >= 15 is 0 Å². The van der Waals surface area contributed by atoms with Crippen molar-refractivity contribution in [3.05, 3.63) is 42.0 Å². The number of benzene rings is 1. The van der Waals surface area contributed by atoms with Gasteiger partial charge in [-0.2, -0.15) is 0 Å². The van der Waals surface area contributed by atoms with Crippen LogP contribution >= 0.6 is 0 Å². The van der Waals surface area contributed by atoms with Crippen LogP contribution in [-0.2, 0) is 20.8 Å². The van der Waals surface area contributed by atoms with Crippen LogP contribution < -0.4 is 4.90 Å². The van der Waals surface area contributed by atoms with Gasteiger partial charge in [-0.3, -0.25) is 14.4 Å². The lowest BCUT2D eigenvalue weighted by atomic mass is 9.85. The van der Waals surface area contributed by atoms with Crippen LogP contribution in [0, 0.1) is 11.8 Å². The molecule has 1 aromatic carbocycles. The van der Waals surface area contributed by atoms with Gasteiger partial charge < -0.3 is 5.11 Å². The van der Waals surface area contributed by atoms with E-state index < -0.39 is 5.97 Å². The van der Waals surface area contributed by atoms with Crippen molar-refractivity contribution in [3.63, 3.8) is 0 Å². The lowest BCUT2D eigenvalue weighted by molar-refractivity contribution is -0.136. The summed E-state index contributed by atoms with van der Waals surface area (Å²) in [6, 6.07) is 6.70. The Morgan fingerprint density at radius 2 is 1.67 bits per heavy atom. The molecule has 0 unspecified atom stereocenters. The molecule has 0 saturated carbocycles. The summed E-state index contributed by atoms with van der Waals surface area (Å²) in [5, 5.41) is 8.97. The number of anilines is 1. The fourth-order valence-electron chi connectivity index (χ4n) is 3.08. The van der Waals surface area contributed by atoms with Gasteiger partial charge in [0, 0.05) is 0 Å². The summed E-state index contributed by atoms with van der Waals surface area (Å²) in [4.78, 5) is 37.2. The Morgan fingerprint density at radius 1 is 1.10 bits per heavy atom. The summed E-state index contributed by atoms with van der Waals surface area (Å²) in [6.07, 6.45) is 4.80. The molecule has 1 heterocycles. The molecule has 1 N–H and O–H groups in total. The third-order valence-electron chi connectivity index (χ3n) is 4.08. The molecule has 21 heavy (non-hydrogen) atoms. The van der Waals surface area contributed by atoms with Crippen LogP contribution in [0.4, 0.5) is 5.69 Å². The summed E-state index contributed by atoms with van der Waals surface area (Å²) in [5.74, 6) is -2.03. The first-order valence-electron chi connectivity index (χ1n) is 6.92. The van der Waals surface area contributed by atoms with E-state index in [4.69, 9.17) is 5.11 Å². The predicted octanol–water partition coefficient (Wildman–Crippen LogP) is 1.77. The monoisotopic (exact) mass is 285 g/mol. The highest BCUT2D eigenvalue weighted by Crippen LogP contribution is 2.38. The molecule has 0 aromatic heterocycles. The lowest BCUT2D eigenvalue weighted by Crippen LogP contribution is -2.32. The van der Waals surface area contributed by atoms with E-state index in [1.807, 2.05) is 12.2 Å². The molecule has 1 aliphatic carbocycles. The number of hydrogen-bond donors (Lipinski definition) is 1. The fraction of sp³-hybridized carbons (Fsp3) is 0.312. The summed E-state index contributed by atoms with van der Waals surface area (Å²) in [6.45, 7) is 0. The maximum atomic E-state index is 12.5. The van der Waals surface area contributed by atoms with Crippen molar-refractivity contribution in [2.24, 2.45) is 11.8 Å². The predicted molar refractivity (Wildman–Crippen MR) is 75.6 cm³/mol. The third kappa shape index (κ3) is 2.24. The second-order valence-corrected chi connectivity index (χ2v) is 5.37. The Hall–Kier alpha value is -2.43. The van der Waals surface area contributed by atoms with Crippen molar-refractivity contribution >= 4 is 23.5 Å². The Balaban J connectivity index is 1.99. The quantitative estimate of drug-likeness (QED) is 0.678. The number of rotatable bonds is 3. The maximum absolute atomic E-state index is 12.5. The van der Waals surface area contributed by atoms with Gasteiger partial charge in [-0.25, -0.2) is 4.90 Å². The molecule has 1 saturated heterocycles. The molecule has 2 amide bonds. The van der Waals surface area contributed by atoms with E-state index in [1.54, 1.807) is 24.3 Å². The summed E-state index contributed by atoms with van der Waals surface area (Å²) >= 11 is 0. The maximum Gasteiger partial charge on any atom is 0.307 e. The topological polar surface area (TPSA) is 74.7 Å². The molecule has 1 fully saturated rings. The van der Waals surface area contributed by atoms with E-state index in [-0.39, 0.29) is 30.1 Å². The summed E-state index contributed by atoms with van der Waals surface area (Å²) in [7, 11) is 0. The number of imide groups is 1. The standard InChI is InChI=1S/C16H15NO4/c18-14(19)9-10-5-1-4-8-13(10)17-15(20)11-6-2-3-7-12(11)16(17)21/h1-5,8,11-12H,6-7,9H2,(H,18,19)/t11-,12+. The molecular weight excluding hydrogens is 270 g/mol. The van der Waals surface area contributed by atoms with Gasteiger partial charge in [-0.15, -0.1) is 0 Å². The molecule has 0 radical (unpaired) electrons. The number of carboxylic acids is 1. The Kier molecular flexibility index (Phi) is 3.33. The van der Waals surface area contributed by atoms with Crippen LogP contribution in [0.3, 0.4) is 0 Å². The number of carbonyl (C=O) groups excluding carboxylic acids is 2. The van der Waals surface area contributed by atoms with Gasteiger partial charge in [-0.05, 0) is 24.5 Å². The van der Waals surface area contributed by atoms with Crippen LogP contribution in [-0.4, -0.2) is 22.9 Å². The van der Waals surface area contributed by atoms with Gasteiger partial charge in [0.05, 0.1) is 23.9 Å². The van der Waals surface area contributed by atoms with E-state index in [9.17, 15) is 14.4 Å². The molecule has 0 bridgehead atoms. The first-order chi connectivity index (χ1) is 10.1. The average molecular weight is 285 g/mol. The average Bonchev–Trinajstić information content (AvgIpc) is 2.72. The second-order valence-electron chi connectivity index (χ2n) is 5.37. The second kappa shape index (κ2) is 5.16. The molecule has 1 aliphatic heterocycles. The summed E-state index contributed by atoms with van der Waals surface area (Å²) < 4.78 is 0. The van der Waals surface area contributed by atoms with E-state index in [1.165, 1.54) is 4.90 Å². The minimum atomic E-state index is -0.986. The van der Waals surface area contributed by atoms with E-state index in [0.29, 0.717) is 24.1 Å². The molecule has 5 heteroatoms. The van der Waals surface area contributed by atoms with Crippen LogP contribution in [0.5, 0.6) is 0 Å². The van der Waals surface area contributed by atoms with Crippen LogP contribution in [0.2, 0.25) is 0 Å². The lowest BCUT2D eigenvalue weighted by Gasteiger charge is -2.18. The Bertz CT molecular complexity index is 623. The van der Waals surface area contributed by atoms with Crippen molar-refractivity contribution in [1.82, 2.24) is 0 Å². The van der Waals surface area contributed by atoms with Crippen LogP contribution in [0.15, 0.2) is 36.4 Å². The van der Waals surface area contributed by atoms with Crippen molar-refractivity contribution in [3.8, 4) is 0 Å². The highest BCUT2D eigenvalue weighted by molar-refractivity contribution is 6.22. The third-order valence-corrected chi connectivity index (χ3v) is 4.08. The SMILES string of the molecule is O=C(O)Cc1ccccc1N1C(=O)[C@H]2CC=CC[C@H]2C1=O. The molecule has 1 aromatic rings. The fourth-order valence-corrected chi connectivity index (χ4v) is 3.08. The first-order valence-corrected chi connectivity index (χ1v) is 6.92. The molecular formula is C16H15NO4. The number of hydrogen-bond acceptors (Lipinski definition) is 3. The molecule has 2 atom stereocenters. The van der Waals surface area contributed by atoms with Crippen molar-refractivity contribution < 1.29 is 19.5 Å². The number of carboxylic acid groups (broad SMARTS) is 1. The Labute approximate surface area is 121 Å². The van der Waals surface area contributed by atoms with Crippen LogP contribution in [0.25, 0.3) is 0 Å². The van der Waals surface area contributed by atoms with Gasteiger partial charge >= 0.3 is 5.97 Å². The number of nitrogens with zero attached hydrogens (tertiary/aromatic N) is 1. The number of fused-ring (bicyclic) bond motifs is 1. The molecule has 0 spiro atoms. The Morgan fingerprint density at radius 3 is 2.24 bits per heavy atom. The zero-order valence-electron chi connectivity index (χ0n) is 11.4. The molecule has 3 rings (SSSR count). The molecule has 5 nitrogen and oxygen atoms in total. The van der Waals surface area contributed by atoms with Gasteiger partial charge in [0.25, 0.3) is 0 Å². The smallest absolute Gasteiger partial charge is 0.307 e.